The van der Waals surface area contributed by atoms with Gasteiger partial charge in [0.2, 0.25) is 0 Å². The van der Waals surface area contributed by atoms with E-state index in [-0.39, 0.29) is 0 Å². The summed E-state index contributed by atoms with van der Waals surface area (Å²) in [7, 11) is 0. The summed E-state index contributed by atoms with van der Waals surface area (Å²) < 4.78 is 0. The third-order valence-corrected chi connectivity index (χ3v) is 2.59. The van der Waals surface area contributed by atoms with Gasteiger partial charge in [-0.25, -0.2) is 4.98 Å². The minimum absolute atomic E-state index is 0.724. The molecule has 1 heterocycles. The van der Waals surface area contributed by atoms with Crippen molar-refractivity contribution in [1.29, 1.82) is 0 Å². The Bertz CT molecular complexity index is 383. The standard InChI is InChI=1S/C10H8ClN2S/c11-8-1-3-9(4-2-8)12-5-10-6-14-7-13-10/h1-4,6,12H,5H2. The number of benzene rings is 1. The second kappa shape index (κ2) is 4.44. The lowest BCUT2D eigenvalue weighted by molar-refractivity contribution is 1.07. The van der Waals surface area contributed by atoms with Crippen LogP contribution in [-0.4, -0.2) is 4.98 Å². The summed E-state index contributed by atoms with van der Waals surface area (Å²) in [6.07, 6.45) is 0. The molecule has 0 aliphatic rings. The smallest absolute Gasteiger partial charge is 0.152 e. The van der Waals surface area contributed by atoms with Gasteiger partial charge in [0.15, 0.2) is 5.51 Å². The first-order valence-electron chi connectivity index (χ1n) is 4.14. The number of nitrogens with one attached hydrogen (secondary N) is 1. The normalized spacial score (nSPS) is 10.1. The van der Waals surface area contributed by atoms with Crippen molar-refractivity contribution in [3.63, 3.8) is 0 Å². The van der Waals surface area contributed by atoms with Crippen LogP contribution < -0.4 is 5.32 Å². The van der Waals surface area contributed by atoms with Crippen molar-refractivity contribution in [3.8, 4) is 0 Å². The fourth-order valence-electron chi connectivity index (χ4n) is 1.05. The molecule has 0 unspecified atom stereocenters. The lowest BCUT2D eigenvalue weighted by Gasteiger charge is -2.03. The molecule has 1 aromatic carbocycles. The van der Waals surface area contributed by atoms with E-state index >= 15 is 0 Å². The van der Waals surface area contributed by atoms with Crippen LogP contribution >= 0.6 is 22.9 Å². The number of halogens is 1. The van der Waals surface area contributed by atoms with Crippen LogP contribution in [0, 0.1) is 5.51 Å². The molecule has 0 aliphatic carbocycles. The van der Waals surface area contributed by atoms with Crippen molar-refractivity contribution in [2.75, 3.05) is 5.32 Å². The fourth-order valence-corrected chi connectivity index (χ4v) is 1.67. The molecule has 1 N–H and O–H groups in total. The van der Waals surface area contributed by atoms with Crippen LogP contribution in [-0.2, 0) is 6.54 Å². The van der Waals surface area contributed by atoms with Crippen LogP contribution in [0.5, 0.6) is 0 Å². The predicted octanol–water partition coefficient (Wildman–Crippen LogP) is 3.21. The molecule has 2 aromatic rings. The molecule has 0 fully saturated rings. The van der Waals surface area contributed by atoms with E-state index in [1.54, 1.807) is 0 Å². The Morgan fingerprint density at radius 1 is 1.36 bits per heavy atom. The van der Waals surface area contributed by atoms with E-state index in [0.717, 1.165) is 22.9 Å². The molecular formula is C10H8ClN2S. The van der Waals surface area contributed by atoms with Gasteiger partial charge in [0, 0.05) is 16.1 Å². The molecule has 0 aliphatic heterocycles. The molecule has 0 saturated heterocycles. The Morgan fingerprint density at radius 3 is 2.79 bits per heavy atom. The van der Waals surface area contributed by atoms with Gasteiger partial charge in [-0.05, 0) is 24.3 Å². The molecule has 4 heteroatoms. The third-order valence-electron chi connectivity index (χ3n) is 1.75. The van der Waals surface area contributed by atoms with Crippen molar-refractivity contribution in [2.45, 2.75) is 6.54 Å². The molecule has 0 bridgehead atoms. The zero-order chi connectivity index (χ0) is 9.80. The van der Waals surface area contributed by atoms with E-state index in [2.05, 4.69) is 15.8 Å². The van der Waals surface area contributed by atoms with Crippen molar-refractivity contribution < 1.29 is 0 Å². The minimum Gasteiger partial charge on any atom is -0.379 e. The number of anilines is 1. The maximum absolute atomic E-state index is 5.77. The highest BCUT2D eigenvalue weighted by Gasteiger charge is 1.95. The number of rotatable bonds is 3. The summed E-state index contributed by atoms with van der Waals surface area (Å²) in [5.74, 6) is 0. The first-order chi connectivity index (χ1) is 6.84. The number of aromatic nitrogens is 1. The van der Waals surface area contributed by atoms with Crippen LogP contribution in [0.25, 0.3) is 0 Å². The number of hydrogen-bond donors (Lipinski definition) is 1. The fraction of sp³-hybridized carbons (Fsp3) is 0.100. The van der Waals surface area contributed by atoms with Gasteiger partial charge in [0.05, 0.1) is 12.2 Å². The predicted molar refractivity (Wildman–Crippen MR) is 59.7 cm³/mol. The highest BCUT2D eigenvalue weighted by molar-refractivity contribution is 7.07. The van der Waals surface area contributed by atoms with Gasteiger partial charge in [-0.1, -0.05) is 11.6 Å². The van der Waals surface area contributed by atoms with Crippen molar-refractivity contribution in [2.24, 2.45) is 0 Å². The van der Waals surface area contributed by atoms with Crippen LogP contribution in [0.1, 0.15) is 5.69 Å². The SMILES string of the molecule is Clc1ccc(NCc2cs[c]n2)cc1. The monoisotopic (exact) mass is 223 g/mol. The van der Waals surface area contributed by atoms with Crippen LogP contribution in [0.4, 0.5) is 5.69 Å². The lowest BCUT2D eigenvalue weighted by atomic mass is 10.3. The molecule has 1 radical (unpaired) electrons. The number of nitrogens with zero attached hydrogens (tertiary/aromatic N) is 1. The van der Waals surface area contributed by atoms with Gasteiger partial charge in [0.1, 0.15) is 0 Å². The van der Waals surface area contributed by atoms with Crippen LogP contribution in [0.3, 0.4) is 0 Å². The van der Waals surface area contributed by atoms with Gasteiger partial charge >= 0.3 is 0 Å². The van der Waals surface area contributed by atoms with Gasteiger partial charge in [-0.2, -0.15) is 0 Å². The summed E-state index contributed by atoms with van der Waals surface area (Å²) in [5, 5.41) is 5.96. The summed E-state index contributed by atoms with van der Waals surface area (Å²) in [4.78, 5) is 4.05. The van der Waals surface area contributed by atoms with Gasteiger partial charge in [0.25, 0.3) is 0 Å². The van der Waals surface area contributed by atoms with Gasteiger partial charge < -0.3 is 5.32 Å². The van der Waals surface area contributed by atoms with Crippen LogP contribution in [0.2, 0.25) is 5.02 Å². The van der Waals surface area contributed by atoms with E-state index in [0.29, 0.717) is 0 Å². The summed E-state index contributed by atoms with van der Waals surface area (Å²) in [6, 6.07) is 7.60. The average molecular weight is 224 g/mol. The average Bonchev–Trinajstić information content (AvgIpc) is 2.70. The second-order valence-electron chi connectivity index (χ2n) is 2.79. The van der Waals surface area contributed by atoms with E-state index in [1.807, 2.05) is 29.6 Å². The van der Waals surface area contributed by atoms with Crippen molar-refractivity contribution >= 4 is 28.6 Å². The first kappa shape index (κ1) is 9.49. The molecule has 2 nitrogen and oxygen atoms in total. The molecule has 0 spiro atoms. The van der Waals surface area contributed by atoms with E-state index in [4.69, 9.17) is 11.6 Å². The van der Waals surface area contributed by atoms with Crippen LogP contribution in [0.15, 0.2) is 29.6 Å². The summed E-state index contributed by atoms with van der Waals surface area (Å²) in [6.45, 7) is 0.724. The molecular weight excluding hydrogens is 216 g/mol. The summed E-state index contributed by atoms with van der Waals surface area (Å²) >= 11 is 7.25. The number of thiazole rings is 1. The van der Waals surface area contributed by atoms with Crippen molar-refractivity contribution in [3.05, 3.63) is 45.9 Å². The van der Waals surface area contributed by atoms with Crippen molar-refractivity contribution in [1.82, 2.24) is 4.98 Å². The zero-order valence-electron chi connectivity index (χ0n) is 7.33. The highest BCUT2D eigenvalue weighted by Crippen LogP contribution is 2.14. The Labute approximate surface area is 91.6 Å². The molecule has 0 amide bonds. The third kappa shape index (κ3) is 2.47. The maximum Gasteiger partial charge on any atom is 0.152 e. The highest BCUT2D eigenvalue weighted by atomic mass is 35.5. The molecule has 1 aromatic heterocycles. The summed E-state index contributed by atoms with van der Waals surface area (Å²) in [5.41, 5.74) is 4.85. The molecule has 2 rings (SSSR count). The quantitative estimate of drug-likeness (QED) is 0.865. The lowest BCUT2D eigenvalue weighted by Crippen LogP contribution is -1.98. The van der Waals surface area contributed by atoms with E-state index < -0.39 is 0 Å². The maximum atomic E-state index is 5.77. The number of hydrogen-bond acceptors (Lipinski definition) is 3. The molecule has 14 heavy (non-hydrogen) atoms. The van der Waals surface area contributed by atoms with Gasteiger partial charge in [-0.3, -0.25) is 0 Å². The molecule has 71 valence electrons. The minimum atomic E-state index is 0.724. The Hall–Kier alpha value is -1.06. The van der Waals surface area contributed by atoms with Gasteiger partial charge in [-0.15, -0.1) is 11.3 Å². The second-order valence-corrected chi connectivity index (χ2v) is 3.88. The first-order valence-corrected chi connectivity index (χ1v) is 5.40. The Kier molecular flexibility index (Phi) is 3.01. The van der Waals surface area contributed by atoms with E-state index in [9.17, 15) is 0 Å². The molecule has 0 saturated carbocycles. The Morgan fingerprint density at radius 2 is 2.14 bits per heavy atom. The molecule has 0 atom stereocenters. The van der Waals surface area contributed by atoms with E-state index in [1.165, 1.54) is 11.3 Å². The zero-order valence-corrected chi connectivity index (χ0v) is 8.90. The largest absolute Gasteiger partial charge is 0.379 e. The topological polar surface area (TPSA) is 24.9 Å². The Balaban J connectivity index is 1.95.